The molecule has 1 unspecified atom stereocenters. The number of hydrogen-bond acceptors (Lipinski definition) is 1. The van der Waals surface area contributed by atoms with Gasteiger partial charge in [-0.05, 0) is 54.0 Å². The van der Waals surface area contributed by atoms with Gasteiger partial charge in [0.1, 0.15) is 0 Å². The predicted octanol–water partition coefficient (Wildman–Crippen LogP) is 5.16. The van der Waals surface area contributed by atoms with Crippen molar-refractivity contribution in [1.82, 2.24) is 5.32 Å². The van der Waals surface area contributed by atoms with E-state index in [0.29, 0.717) is 5.92 Å². The molecule has 0 saturated heterocycles. The minimum absolute atomic E-state index is 0.0103. The summed E-state index contributed by atoms with van der Waals surface area (Å²) >= 11 is 0. The smallest absolute Gasteiger partial charge is 0.251 e. The normalized spacial score (nSPS) is 17.0. The van der Waals surface area contributed by atoms with Gasteiger partial charge in [0.25, 0.3) is 5.91 Å². The van der Waals surface area contributed by atoms with Crippen LogP contribution in [0.15, 0.2) is 54.6 Å². The van der Waals surface area contributed by atoms with Gasteiger partial charge in [0.2, 0.25) is 0 Å². The highest BCUT2D eigenvalue weighted by Gasteiger charge is 2.21. The molecule has 0 heterocycles. The number of rotatable bonds is 4. The van der Waals surface area contributed by atoms with Crippen molar-refractivity contribution in [2.24, 2.45) is 5.92 Å². The number of carbonyl (C=O) groups excluding carboxylic acids is 1. The SMILES string of the molecule is CC(C)C=Cc1ccc(C(=O)NC2CCCc3ccccc32)cc1. The zero-order valence-corrected chi connectivity index (χ0v) is 14.5. The number of nitrogens with one attached hydrogen (secondary N) is 1. The topological polar surface area (TPSA) is 29.1 Å². The van der Waals surface area contributed by atoms with Gasteiger partial charge in [0.15, 0.2) is 0 Å². The van der Waals surface area contributed by atoms with Gasteiger partial charge in [-0.3, -0.25) is 4.79 Å². The first-order valence-corrected chi connectivity index (χ1v) is 8.80. The molecule has 0 aliphatic heterocycles. The Hall–Kier alpha value is -2.35. The molecule has 0 spiro atoms. The standard InChI is InChI=1S/C22H25NO/c1-16(2)10-11-17-12-14-19(15-13-17)22(24)23-21-9-5-7-18-6-3-4-8-20(18)21/h3-4,6,8,10-16,21H,5,7,9H2,1-2H3,(H,23,24). The van der Waals surface area contributed by atoms with E-state index in [4.69, 9.17) is 0 Å². The molecule has 2 nitrogen and oxygen atoms in total. The Balaban J connectivity index is 1.70. The molecular weight excluding hydrogens is 294 g/mol. The van der Waals surface area contributed by atoms with Crippen molar-refractivity contribution >= 4 is 12.0 Å². The lowest BCUT2D eigenvalue weighted by atomic mass is 9.87. The van der Waals surface area contributed by atoms with Crippen molar-refractivity contribution in [3.63, 3.8) is 0 Å². The number of fused-ring (bicyclic) bond motifs is 1. The number of hydrogen-bond donors (Lipinski definition) is 1. The Morgan fingerprint density at radius 1 is 1.12 bits per heavy atom. The van der Waals surface area contributed by atoms with Gasteiger partial charge in [-0.2, -0.15) is 0 Å². The van der Waals surface area contributed by atoms with E-state index in [0.717, 1.165) is 30.4 Å². The molecular formula is C22H25NO. The van der Waals surface area contributed by atoms with Crippen LogP contribution < -0.4 is 5.32 Å². The van der Waals surface area contributed by atoms with Crippen molar-refractivity contribution < 1.29 is 4.79 Å². The van der Waals surface area contributed by atoms with Crippen molar-refractivity contribution in [3.05, 3.63) is 76.9 Å². The minimum atomic E-state index is 0.0103. The summed E-state index contributed by atoms with van der Waals surface area (Å²) in [5, 5.41) is 3.20. The predicted molar refractivity (Wildman–Crippen MR) is 99.9 cm³/mol. The van der Waals surface area contributed by atoms with E-state index in [1.165, 1.54) is 11.1 Å². The number of allylic oxidation sites excluding steroid dienone is 1. The van der Waals surface area contributed by atoms with Gasteiger partial charge >= 0.3 is 0 Å². The van der Waals surface area contributed by atoms with E-state index in [9.17, 15) is 4.79 Å². The molecule has 124 valence electrons. The Morgan fingerprint density at radius 3 is 2.62 bits per heavy atom. The van der Waals surface area contributed by atoms with Crippen LogP contribution in [0.4, 0.5) is 0 Å². The molecule has 3 rings (SSSR count). The van der Waals surface area contributed by atoms with Crippen molar-refractivity contribution in [3.8, 4) is 0 Å². The molecule has 2 aromatic rings. The van der Waals surface area contributed by atoms with Gasteiger partial charge in [-0.25, -0.2) is 0 Å². The molecule has 0 fully saturated rings. The summed E-state index contributed by atoms with van der Waals surface area (Å²) < 4.78 is 0. The van der Waals surface area contributed by atoms with Crippen LogP contribution in [0.25, 0.3) is 6.08 Å². The molecule has 2 heteroatoms. The zero-order chi connectivity index (χ0) is 16.9. The van der Waals surface area contributed by atoms with Crippen LogP contribution in [0.2, 0.25) is 0 Å². The van der Waals surface area contributed by atoms with E-state index in [2.05, 4.69) is 55.6 Å². The monoisotopic (exact) mass is 319 g/mol. The van der Waals surface area contributed by atoms with Crippen LogP contribution in [0.1, 0.15) is 59.8 Å². The van der Waals surface area contributed by atoms with Crippen LogP contribution >= 0.6 is 0 Å². The van der Waals surface area contributed by atoms with Crippen molar-refractivity contribution in [2.45, 2.75) is 39.2 Å². The first-order chi connectivity index (χ1) is 11.6. The Kier molecular flexibility index (Phi) is 5.14. The molecule has 0 bridgehead atoms. The van der Waals surface area contributed by atoms with E-state index < -0.39 is 0 Å². The first-order valence-electron chi connectivity index (χ1n) is 8.80. The maximum Gasteiger partial charge on any atom is 0.251 e. The Labute approximate surface area is 144 Å². The fraction of sp³-hybridized carbons (Fsp3) is 0.318. The number of amides is 1. The molecule has 0 saturated carbocycles. The summed E-state index contributed by atoms with van der Waals surface area (Å²) in [5.74, 6) is 0.537. The Morgan fingerprint density at radius 2 is 1.88 bits per heavy atom. The van der Waals surface area contributed by atoms with Gasteiger partial charge in [0, 0.05) is 5.56 Å². The minimum Gasteiger partial charge on any atom is -0.345 e. The highest BCUT2D eigenvalue weighted by molar-refractivity contribution is 5.94. The van der Waals surface area contributed by atoms with Crippen LogP contribution in [0.3, 0.4) is 0 Å². The molecule has 1 amide bonds. The van der Waals surface area contributed by atoms with Crippen molar-refractivity contribution in [2.75, 3.05) is 0 Å². The lowest BCUT2D eigenvalue weighted by molar-refractivity contribution is 0.0933. The lowest BCUT2D eigenvalue weighted by Gasteiger charge is -2.26. The van der Waals surface area contributed by atoms with Crippen LogP contribution in [0, 0.1) is 5.92 Å². The summed E-state index contributed by atoms with van der Waals surface area (Å²) in [6.45, 7) is 4.31. The second-order valence-electron chi connectivity index (χ2n) is 6.84. The van der Waals surface area contributed by atoms with Gasteiger partial charge < -0.3 is 5.32 Å². The summed E-state index contributed by atoms with van der Waals surface area (Å²) in [5.41, 5.74) is 4.49. The van der Waals surface area contributed by atoms with E-state index in [1.807, 2.05) is 24.3 Å². The average molecular weight is 319 g/mol. The van der Waals surface area contributed by atoms with Gasteiger partial charge in [-0.1, -0.05) is 62.4 Å². The molecule has 0 aromatic heterocycles. The quantitative estimate of drug-likeness (QED) is 0.828. The summed E-state index contributed by atoms with van der Waals surface area (Å²) in [4.78, 5) is 12.6. The van der Waals surface area contributed by atoms with E-state index in [1.54, 1.807) is 0 Å². The fourth-order valence-electron chi connectivity index (χ4n) is 3.19. The second kappa shape index (κ2) is 7.48. The molecule has 1 atom stereocenters. The molecule has 24 heavy (non-hydrogen) atoms. The summed E-state index contributed by atoms with van der Waals surface area (Å²) in [6, 6.07) is 16.4. The molecule has 1 aliphatic rings. The highest BCUT2D eigenvalue weighted by Crippen LogP contribution is 2.29. The largest absolute Gasteiger partial charge is 0.345 e. The molecule has 2 aromatic carbocycles. The van der Waals surface area contributed by atoms with Crippen molar-refractivity contribution in [1.29, 1.82) is 0 Å². The third-order valence-electron chi connectivity index (χ3n) is 4.52. The molecule has 1 aliphatic carbocycles. The van der Waals surface area contributed by atoms with Gasteiger partial charge in [-0.15, -0.1) is 0 Å². The first kappa shape index (κ1) is 16.5. The molecule has 0 radical (unpaired) electrons. The second-order valence-corrected chi connectivity index (χ2v) is 6.84. The maximum absolute atomic E-state index is 12.6. The lowest BCUT2D eigenvalue weighted by Crippen LogP contribution is -2.30. The van der Waals surface area contributed by atoms with Crippen LogP contribution in [0.5, 0.6) is 0 Å². The summed E-state index contributed by atoms with van der Waals surface area (Å²) in [6.07, 6.45) is 7.51. The number of aryl methyl sites for hydroxylation is 1. The zero-order valence-electron chi connectivity index (χ0n) is 14.5. The highest BCUT2D eigenvalue weighted by atomic mass is 16.1. The third kappa shape index (κ3) is 3.94. The number of benzene rings is 2. The van der Waals surface area contributed by atoms with Crippen LogP contribution in [-0.4, -0.2) is 5.91 Å². The van der Waals surface area contributed by atoms with E-state index in [-0.39, 0.29) is 11.9 Å². The maximum atomic E-state index is 12.6. The van der Waals surface area contributed by atoms with Crippen LogP contribution in [-0.2, 0) is 6.42 Å². The average Bonchev–Trinajstić information content (AvgIpc) is 2.60. The van der Waals surface area contributed by atoms with E-state index >= 15 is 0 Å². The van der Waals surface area contributed by atoms with Gasteiger partial charge in [0.05, 0.1) is 6.04 Å². The third-order valence-corrected chi connectivity index (χ3v) is 4.52. The Bertz CT molecular complexity index is 728. The summed E-state index contributed by atoms with van der Waals surface area (Å²) in [7, 11) is 0. The number of carbonyl (C=O) groups is 1. The fourth-order valence-corrected chi connectivity index (χ4v) is 3.19. The molecule has 1 N–H and O–H groups in total.